The summed E-state index contributed by atoms with van der Waals surface area (Å²) in [5.41, 5.74) is 7.32. The quantitative estimate of drug-likeness (QED) is 0.317. The van der Waals surface area contributed by atoms with Crippen molar-refractivity contribution in [2.24, 2.45) is 5.73 Å². The van der Waals surface area contributed by atoms with Crippen LogP contribution >= 0.6 is 0 Å². The number of carbonyl (C=O) groups excluding carboxylic acids is 3. The van der Waals surface area contributed by atoms with Crippen molar-refractivity contribution >= 4 is 23.4 Å². The molecule has 1 heterocycles. The average molecular weight is 466 g/mol. The van der Waals surface area contributed by atoms with E-state index in [2.05, 4.69) is 4.90 Å². The molecule has 1 aliphatic rings. The molecular formula is C26H31N3O5. The number of ketones is 1. The van der Waals surface area contributed by atoms with E-state index < -0.39 is 23.6 Å². The van der Waals surface area contributed by atoms with E-state index in [0.717, 1.165) is 18.7 Å². The van der Waals surface area contributed by atoms with Gasteiger partial charge in [-0.1, -0.05) is 55.8 Å². The standard InChI is InChI=1S/C26H31N3O5/c1-4-28(5-2)14-15-29-23(18-10-12-20(13-11-18)34-16-21(27)30)22(25(32)26(29)33)24(31)19-8-6-17(3)7-9-19/h6-13,23,31H,4-5,14-16H2,1-3H3,(H2,27,30)/b24-22+. The number of hydrogen-bond acceptors (Lipinski definition) is 6. The van der Waals surface area contributed by atoms with Gasteiger partial charge in [0.15, 0.2) is 6.61 Å². The highest BCUT2D eigenvalue weighted by Crippen LogP contribution is 2.39. The van der Waals surface area contributed by atoms with E-state index in [-0.39, 0.29) is 17.9 Å². The lowest BCUT2D eigenvalue weighted by molar-refractivity contribution is -0.140. The molecular weight excluding hydrogens is 434 g/mol. The maximum atomic E-state index is 13.1. The number of rotatable bonds is 10. The van der Waals surface area contributed by atoms with Gasteiger partial charge in [-0.2, -0.15) is 0 Å². The Labute approximate surface area is 199 Å². The summed E-state index contributed by atoms with van der Waals surface area (Å²) in [5.74, 6) is -1.72. The van der Waals surface area contributed by atoms with Crippen molar-refractivity contribution in [2.45, 2.75) is 26.8 Å². The van der Waals surface area contributed by atoms with Gasteiger partial charge in [-0.3, -0.25) is 14.4 Å². The van der Waals surface area contributed by atoms with Gasteiger partial charge in [0.25, 0.3) is 17.6 Å². The molecule has 3 N–H and O–H groups in total. The summed E-state index contributed by atoms with van der Waals surface area (Å²) >= 11 is 0. The van der Waals surface area contributed by atoms with Crippen LogP contribution in [0.3, 0.4) is 0 Å². The largest absolute Gasteiger partial charge is 0.507 e. The first-order chi connectivity index (χ1) is 16.3. The number of aryl methyl sites for hydroxylation is 1. The van der Waals surface area contributed by atoms with E-state index in [4.69, 9.17) is 10.5 Å². The van der Waals surface area contributed by atoms with Crippen molar-refractivity contribution in [2.75, 3.05) is 32.8 Å². The maximum absolute atomic E-state index is 13.1. The number of Topliss-reactive ketones (excluding diaryl/α,β-unsaturated/α-hetero) is 1. The molecule has 0 saturated carbocycles. The first-order valence-electron chi connectivity index (χ1n) is 11.4. The van der Waals surface area contributed by atoms with E-state index >= 15 is 0 Å². The number of hydrogen-bond donors (Lipinski definition) is 2. The van der Waals surface area contributed by atoms with Crippen LogP contribution in [0.1, 0.15) is 36.6 Å². The molecule has 0 radical (unpaired) electrons. The minimum atomic E-state index is -0.748. The number of carbonyl (C=O) groups is 3. The van der Waals surface area contributed by atoms with E-state index in [9.17, 15) is 19.5 Å². The Morgan fingerprint density at radius 2 is 1.68 bits per heavy atom. The van der Waals surface area contributed by atoms with Crippen LogP contribution in [0.15, 0.2) is 54.1 Å². The predicted octanol–water partition coefficient (Wildman–Crippen LogP) is 2.62. The van der Waals surface area contributed by atoms with Crippen LogP contribution in [0, 0.1) is 6.92 Å². The van der Waals surface area contributed by atoms with Gasteiger partial charge < -0.3 is 25.4 Å². The van der Waals surface area contributed by atoms with Crippen molar-refractivity contribution in [1.82, 2.24) is 9.80 Å². The lowest BCUT2D eigenvalue weighted by Gasteiger charge is -2.28. The zero-order valence-corrected chi connectivity index (χ0v) is 19.8. The molecule has 0 spiro atoms. The number of benzene rings is 2. The van der Waals surface area contributed by atoms with E-state index in [0.29, 0.717) is 30.0 Å². The number of primary amides is 1. The second kappa shape index (κ2) is 11.0. The monoisotopic (exact) mass is 465 g/mol. The number of aliphatic hydroxyl groups is 1. The highest BCUT2D eigenvalue weighted by Gasteiger charge is 2.45. The fourth-order valence-corrected chi connectivity index (χ4v) is 4.01. The number of nitrogens with two attached hydrogens (primary N) is 1. The normalized spacial score (nSPS) is 17.4. The molecule has 8 nitrogen and oxygen atoms in total. The van der Waals surface area contributed by atoms with Gasteiger partial charge in [0, 0.05) is 18.7 Å². The topological polar surface area (TPSA) is 113 Å². The third-order valence-corrected chi connectivity index (χ3v) is 5.99. The molecule has 1 atom stereocenters. The molecule has 2 amide bonds. The molecule has 0 aromatic heterocycles. The minimum absolute atomic E-state index is 0.0548. The van der Waals surface area contributed by atoms with E-state index in [1.54, 1.807) is 36.4 Å². The summed E-state index contributed by atoms with van der Waals surface area (Å²) in [7, 11) is 0. The molecule has 180 valence electrons. The van der Waals surface area contributed by atoms with Crippen LogP contribution in [-0.2, 0) is 14.4 Å². The predicted molar refractivity (Wildman–Crippen MR) is 129 cm³/mol. The molecule has 1 aliphatic heterocycles. The van der Waals surface area contributed by atoms with Crippen molar-refractivity contribution < 1.29 is 24.2 Å². The van der Waals surface area contributed by atoms with Gasteiger partial charge in [-0.05, 0) is 37.7 Å². The van der Waals surface area contributed by atoms with E-state index in [1.165, 1.54) is 4.90 Å². The molecule has 3 rings (SSSR count). The van der Waals surface area contributed by atoms with Crippen LogP contribution in [0.2, 0.25) is 0 Å². The third kappa shape index (κ3) is 5.46. The molecule has 0 bridgehead atoms. The smallest absolute Gasteiger partial charge is 0.295 e. The first-order valence-corrected chi connectivity index (χ1v) is 11.4. The Morgan fingerprint density at radius 3 is 2.24 bits per heavy atom. The molecule has 2 aromatic rings. The summed E-state index contributed by atoms with van der Waals surface area (Å²) in [6, 6.07) is 13.1. The zero-order chi connectivity index (χ0) is 24.8. The zero-order valence-electron chi connectivity index (χ0n) is 19.8. The Morgan fingerprint density at radius 1 is 1.06 bits per heavy atom. The fourth-order valence-electron chi connectivity index (χ4n) is 4.01. The second-order valence-corrected chi connectivity index (χ2v) is 8.21. The first kappa shape index (κ1) is 25.0. The van der Waals surface area contributed by atoms with Crippen LogP contribution in [0.4, 0.5) is 0 Å². The van der Waals surface area contributed by atoms with Gasteiger partial charge in [0.05, 0.1) is 11.6 Å². The van der Waals surface area contributed by atoms with Gasteiger partial charge in [-0.25, -0.2) is 0 Å². The number of ether oxygens (including phenoxy) is 1. The molecule has 1 unspecified atom stereocenters. The van der Waals surface area contributed by atoms with Crippen molar-refractivity contribution in [3.63, 3.8) is 0 Å². The summed E-state index contributed by atoms with van der Waals surface area (Å²) in [6.45, 7) is 8.32. The molecule has 8 heteroatoms. The van der Waals surface area contributed by atoms with E-state index in [1.807, 2.05) is 32.9 Å². The number of aliphatic hydroxyl groups excluding tert-OH is 1. The Kier molecular flexibility index (Phi) is 8.07. The molecule has 1 saturated heterocycles. The number of likely N-dealkylation sites (N-methyl/N-ethyl adjacent to an activating group) is 1. The second-order valence-electron chi connectivity index (χ2n) is 8.21. The Balaban J connectivity index is 2.03. The van der Waals surface area contributed by atoms with Gasteiger partial charge >= 0.3 is 0 Å². The van der Waals surface area contributed by atoms with Gasteiger partial charge in [0.1, 0.15) is 11.5 Å². The van der Waals surface area contributed by atoms with Crippen LogP contribution in [-0.4, -0.2) is 65.3 Å². The molecule has 1 fully saturated rings. The Bertz CT molecular complexity index is 1070. The summed E-state index contributed by atoms with van der Waals surface area (Å²) in [5, 5.41) is 11.1. The Hall–Kier alpha value is -3.65. The van der Waals surface area contributed by atoms with Crippen molar-refractivity contribution in [1.29, 1.82) is 0 Å². The lowest BCUT2D eigenvalue weighted by Crippen LogP contribution is -2.38. The summed E-state index contributed by atoms with van der Waals surface area (Å²) < 4.78 is 5.33. The van der Waals surface area contributed by atoms with Crippen molar-refractivity contribution in [3.8, 4) is 5.75 Å². The van der Waals surface area contributed by atoms with Crippen molar-refractivity contribution in [3.05, 3.63) is 70.8 Å². The third-order valence-electron chi connectivity index (χ3n) is 5.99. The lowest BCUT2D eigenvalue weighted by atomic mass is 9.95. The highest BCUT2D eigenvalue weighted by molar-refractivity contribution is 6.46. The maximum Gasteiger partial charge on any atom is 0.295 e. The SMILES string of the molecule is CCN(CC)CCN1C(=O)C(=O)/C(=C(/O)c2ccc(C)cc2)C1c1ccc(OCC(N)=O)cc1. The van der Waals surface area contributed by atoms with Crippen LogP contribution < -0.4 is 10.5 Å². The minimum Gasteiger partial charge on any atom is -0.507 e. The van der Waals surface area contributed by atoms with Gasteiger partial charge in [0.2, 0.25) is 0 Å². The highest BCUT2D eigenvalue weighted by atomic mass is 16.5. The van der Waals surface area contributed by atoms with Gasteiger partial charge in [-0.15, -0.1) is 0 Å². The number of nitrogens with zero attached hydrogens (tertiary/aromatic N) is 2. The summed E-state index contributed by atoms with van der Waals surface area (Å²) in [4.78, 5) is 40.8. The van der Waals surface area contributed by atoms with Crippen LogP contribution in [0.5, 0.6) is 5.75 Å². The average Bonchev–Trinajstić information content (AvgIpc) is 3.08. The number of amides is 2. The molecule has 2 aromatic carbocycles. The molecule has 0 aliphatic carbocycles. The van der Waals surface area contributed by atoms with Crippen LogP contribution in [0.25, 0.3) is 5.76 Å². The number of likely N-dealkylation sites (tertiary alicyclic amines) is 1. The summed E-state index contributed by atoms with van der Waals surface area (Å²) in [6.07, 6.45) is 0. The fraction of sp³-hybridized carbons (Fsp3) is 0.346. The molecule has 34 heavy (non-hydrogen) atoms.